The molecular formula is C21H21BrFN3O. The molecule has 0 spiro atoms. The minimum Gasteiger partial charge on any atom is -0.369 e. The third-order valence-corrected chi connectivity index (χ3v) is 6.10. The summed E-state index contributed by atoms with van der Waals surface area (Å²) in [5, 5.41) is 0.706. The highest BCUT2D eigenvalue weighted by molar-refractivity contribution is 9.10. The summed E-state index contributed by atoms with van der Waals surface area (Å²) in [5.74, 6) is -0.200. The number of anilines is 1. The van der Waals surface area contributed by atoms with Gasteiger partial charge in [-0.1, -0.05) is 6.07 Å². The summed E-state index contributed by atoms with van der Waals surface area (Å²) in [7, 11) is 0. The van der Waals surface area contributed by atoms with Crippen molar-refractivity contribution < 1.29 is 4.39 Å². The van der Waals surface area contributed by atoms with Gasteiger partial charge in [-0.2, -0.15) is 0 Å². The van der Waals surface area contributed by atoms with Gasteiger partial charge in [0.1, 0.15) is 5.82 Å². The van der Waals surface area contributed by atoms with Gasteiger partial charge in [-0.3, -0.25) is 9.69 Å². The molecule has 0 saturated carbocycles. The van der Waals surface area contributed by atoms with E-state index in [9.17, 15) is 9.18 Å². The Balaban J connectivity index is 1.45. The lowest BCUT2D eigenvalue weighted by molar-refractivity contribution is 0.250. The van der Waals surface area contributed by atoms with Crippen molar-refractivity contribution >= 4 is 32.5 Å². The van der Waals surface area contributed by atoms with Crippen LogP contribution in [-0.4, -0.2) is 36.1 Å². The molecule has 0 aliphatic carbocycles. The van der Waals surface area contributed by atoms with Gasteiger partial charge in [0.25, 0.3) is 0 Å². The molecule has 0 atom stereocenters. The van der Waals surface area contributed by atoms with Crippen LogP contribution >= 0.6 is 15.9 Å². The van der Waals surface area contributed by atoms with E-state index in [1.54, 1.807) is 0 Å². The highest BCUT2D eigenvalue weighted by atomic mass is 79.9. The standard InChI is InChI=1S/C21H21BrFN3O/c1-14-20(22)21(27)18-7-2-15(12-19(18)24-14)13-25-8-10-26(11-9-25)17-5-3-16(23)4-6-17/h2-7,12H,8-11,13H2,1H3,(H,24,27). The van der Waals surface area contributed by atoms with Gasteiger partial charge in [-0.05, 0) is 64.8 Å². The van der Waals surface area contributed by atoms with Crippen molar-refractivity contribution in [3.8, 4) is 0 Å². The van der Waals surface area contributed by atoms with Gasteiger partial charge in [-0.15, -0.1) is 0 Å². The summed E-state index contributed by atoms with van der Waals surface area (Å²) in [4.78, 5) is 20.3. The van der Waals surface area contributed by atoms with E-state index in [0.29, 0.717) is 9.86 Å². The Kier molecular flexibility index (Phi) is 5.02. The van der Waals surface area contributed by atoms with Crippen molar-refractivity contribution in [1.29, 1.82) is 0 Å². The number of hydrogen-bond donors (Lipinski definition) is 1. The maximum atomic E-state index is 13.1. The van der Waals surface area contributed by atoms with E-state index in [4.69, 9.17) is 0 Å². The molecule has 1 N–H and O–H groups in total. The van der Waals surface area contributed by atoms with Crippen molar-refractivity contribution in [3.63, 3.8) is 0 Å². The maximum Gasteiger partial charge on any atom is 0.203 e. The molecule has 27 heavy (non-hydrogen) atoms. The van der Waals surface area contributed by atoms with Crippen LogP contribution in [0.25, 0.3) is 10.9 Å². The summed E-state index contributed by atoms with van der Waals surface area (Å²) < 4.78 is 13.7. The monoisotopic (exact) mass is 429 g/mol. The number of rotatable bonds is 3. The van der Waals surface area contributed by atoms with Crippen LogP contribution in [0.5, 0.6) is 0 Å². The minimum absolute atomic E-state index is 0.0284. The van der Waals surface area contributed by atoms with Crippen molar-refractivity contribution in [3.05, 3.63) is 74.2 Å². The molecule has 1 aliphatic heterocycles. The van der Waals surface area contributed by atoms with E-state index in [1.807, 2.05) is 31.2 Å². The number of aromatic amines is 1. The number of pyridine rings is 1. The van der Waals surface area contributed by atoms with Gasteiger partial charge < -0.3 is 9.88 Å². The van der Waals surface area contributed by atoms with E-state index in [-0.39, 0.29) is 11.2 Å². The number of benzene rings is 2. The second kappa shape index (κ2) is 7.44. The highest BCUT2D eigenvalue weighted by Crippen LogP contribution is 2.20. The number of H-pyrrole nitrogens is 1. The quantitative estimate of drug-likeness (QED) is 0.682. The second-order valence-corrected chi connectivity index (χ2v) is 7.81. The molecular weight excluding hydrogens is 409 g/mol. The summed E-state index contributed by atoms with van der Waals surface area (Å²) in [5.41, 5.74) is 4.01. The molecule has 0 radical (unpaired) electrons. The lowest BCUT2D eigenvalue weighted by Crippen LogP contribution is -2.45. The van der Waals surface area contributed by atoms with Crippen LogP contribution in [0.3, 0.4) is 0 Å². The van der Waals surface area contributed by atoms with E-state index in [2.05, 4.69) is 36.8 Å². The number of nitrogens with one attached hydrogen (secondary N) is 1. The fourth-order valence-electron chi connectivity index (χ4n) is 3.61. The van der Waals surface area contributed by atoms with Crippen LogP contribution in [0.15, 0.2) is 51.7 Å². The zero-order valence-corrected chi connectivity index (χ0v) is 16.7. The molecule has 1 aromatic heterocycles. The first kappa shape index (κ1) is 18.2. The van der Waals surface area contributed by atoms with Crippen molar-refractivity contribution in [1.82, 2.24) is 9.88 Å². The minimum atomic E-state index is -0.200. The first-order valence-electron chi connectivity index (χ1n) is 9.05. The molecule has 6 heteroatoms. The van der Waals surface area contributed by atoms with Crippen LogP contribution in [0.2, 0.25) is 0 Å². The van der Waals surface area contributed by atoms with Crippen LogP contribution in [0.1, 0.15) is 11.3 Å². The predicted molar refractivity (Wildman–Crippen MR) is 111 cm³/mol. The normalized spacial score (nSPS) is 15.4. The SMILES string of the molecule is Cc1[nH]c2cc(CN3CCN(c4ccc(F)cc4)CC3)ccc2c(=O)c1Br. The highest BCUT2D eigenvalue weighted by Gasteiger charge is 2.18. The van der Waals surface area contributed by atoms with E-state index in [0.717, 1.165) is 49.6 Å². The molecule has 2 heterocycles. The van der Waals surface area contributed by atoms with E-state index < -0.39 is 0 Å². The number of aryl methyl sites for hydroxylation is 1. The van der Waals surface area contributed by atoms with Gasteiger partial charge in [-0.25, -0.2) is 4.39 Å². The van der Waals surface area contributed by atoms with Gasteiger partial charge in [0.15, 0.2) is 0 Å². The molecule has 1 aliphatic rings. The van der Waals surface area contributed by atoms with Gasteiger partial charge in [0.2, 0.25) is 5.43 Å². The lowest BCUT2D eigenvalue weighted by atomic mass is 10.1. The maximum absolute atomic E-state index is 13.1. The zero-order chi connectivity index (χ0) is 19.0. The van der Waals surface area contributed by atoms with Gasteiger partial charge in [0.05, 0.1) is 4.47 Å². The Morgan fingerprint density at radius 2 is 1.78 bits per heavy atom. The van der Waals surface area contributed by atoms with Gasteiger partial charge in [0, 0.05) is 55.0 Å². The molecule has 2 aromatic carbocycles. The third kappa shape index (κ3) is 3.77. The van der Waals surface area contributed by atoms with E-state index >= 15 is 0 Å². The molecule has 0 amide bonds. The molecule has 140 valence electrons. The number of fused-ring (bicyclic) bond motifs is 1. The van der Waals surface area contributed by atoms with Crippen LogP contribution in [0, 0.1) is 12.7 Å². The number of nitrogens with zero attached hydrogens (tertiary/aromatic N) is 2. The Morgan fingerprint density at radius 3 is 2.48 bits per heavy atom. The fourth-order valence-corrected chi connectivity index (χ4v) is 3.92. The second-order valence-electron chi connectivity index (χ2n) is 7.01. The van der Waals surface area contributed by atoms with E-state index in [1.165, 1.54) is 17.7 Å². The molecule has 3 aromatic rings. The molecule has 4 nitrogen and oxygen atoms in total. The average Bonchev–Trinajstić information content (AvgIpc) is 2.67. The number of hydrogen-bond acceptors (Lipinski definition) is 3. The third-order valence-electron chi connectivity index (χ3n) is 5.15. The van der Waals surface area contributed by atoms with Crippen LogP contribution in [0.4, 0.5) is 10.1 Å². The van der Waals surface area contributed by atoms with Crippen molar-refractivity contribution in [2.45, 2.75) is 13.5 Å². The Hall–Kier alpha value is -2.18. The number of piperazine rings is 1. The first-order chi connectivity index (χ1) is 13.0. The molecule has 0 bridgehead atoms. The topological polar surface area (TPSA) is 39.3 Å². The Bertz CT molecular complexity index is 1020. The summed E-state index contributed by atoms with van der Waals surface area (Å²) >= 11 is 3.35. The van der Waals surface area contributed by atoms with Gasteiger partial charge >= 0.3 is 0 Å². The number of halogens is 2. The fraction of sp³-hybridized carbons (Fsp3) is 0.286. The lowest BCUT2D eigenvalue weighted by Gasteiger charge is -2.36. The zero-order valence-electron chi connectivity index (χ0n) is 15.1. The van der Waals surface area contributed by atoms with Crippen molar-refractivity contribution in [2.75, 3.05) is 31.1 Å². The Labute approximate surface area is 165 Å². The number of aromatic nitrogens is 1. The Morgan fingerprint density at radius 1 is 1.07 bits per heavy atom. The molecule has 0 unspecified atom stereocenters. The molecule has 4 rings (SSSR count). The summed E-state index contributed by atoms with van der Waals surface area (Å²) in [6.45, 7) is 6.48. The predicted octanol–water partition coefficient (Wildman–Crippen LogP) is 4.06. The van der Waals surface area contributed by atoms with Crippen molar-refractivity contribution in [2.24, 2.45) is 0 Å². The summed E-state index contributed by atoms with van der Waals surface area (Å²) in [6, 6.07) is 12.7. The largest absolute Gasteiger partial charge is 0.369 e. The first-order valence-corrected chi connectivity index (χ1v) is 9.84. The van der Waals surface area contributed by atoms with Crippen LogP contribution in [-0.2, 0) is 6.54 Å². The molecule has 1 saturated heterocycles. The summed E-state index contributed by atoms with van der Waals surface area (Å²) in [6.07, 6.45) is 0. The van der Waals surface area contributed by atoms with Crippen LogP contribution < -0.4 is 10.3 Å². The average molecular weight is 430 g/mol. The smallest absolute Gasteiger partial charge is 0.203 e. The molecule has 1 fully saturated rings.